The van der Waals surface area contributed by atoms with Gasteiger partial charge in [-0.2, -0.15) is 0 Å². The number of fused-ring (bicyclic) bond motifs is 6. The smallest absolute Gasteiger partial charge is 0.120 e. The highest BCUT2D eigenvalue weighted by molar-refractivity contribution is 6.07. The maximum Gasteiger partial charge on any atom is 0.120 e. The Kier molecular flexibility index (Phi) is 16.8. The molecule has 0 spiro atoms. The SMILES string of the molecule is Cc1ccc2ccc3ccc(-c4ccc(OCc5ccc(-c6ccc7ccc8ccc(-c9ccc(COc%10ccc(-c%11cc%12ccc%11-c%11ccc%13ccc%14ccc(nc%14c%13n%11)Cc%11ccc(cc%11)OCc%11ccc(cc%11)-c%11ccc%13ccc%14ccc(nc%14c%13n%11)-c%11ccc(cc%11)CO%12)cc%10)cc9)nc8c7n6)cc5)cc4)nc3c2n1. The van der Waals surface area contributed by atoms with Gasteiger partial charge in [0.25, 0.3) is 0 Å². The molecule has 0 radical (unpaired) electrons. The van der Waals surface area contributed by atoms with E-state index in [1.54, 1.807) is 0 Å². The number of benzene rings is 12. The fourth-order valence-electron chi connectivity index (χ4n) is 15.5. The molecule has 0 amide bonds. The minimum absolute atomic E-state index is 0.355. The second-order valence-electron chi connectivity index (χ2n) is 29.3. The van der Waals surface area contributed by atoms with E-state index in [9.17, 15) is 0 Å². The van der Waals surface area contributed by atoms with Crippen molar-refractivity contribution in [2.45, 2.75) is 39.8 Å². The Balaban J connectivity index is 0.522. The Labute approximate surface area is 656 Å². The van der Waals surface area contributed by atoms with Crippen molar-refractivity contribution in [3.05, 3.63) is 373 Å². The van der Waals surface area contributed by atoms with Crippen LogP contribution >= 0.6 is 0 Å². The molecule has 20 aromatic rings. The van der Waals surface area contributed by atoms with Gasteiger partial charge in [0.15, 0.2) is 0 Å². The van der Waals surface area contributed by atoms with Crippen LogP contribution in [-0.4, -0.2) is 39.9 Å². The highest BCUT2D eigenvalue weighted by Crippen LogP contribution is 2.40. The molecule has 114 heavy (non-hydrogen) atoms. The van der Waals surface area contributed by atoms with Crippen LogP contribution in [0.1, 0.15) is 39.2 Å². The van der Waals surface area contributed by atoms with Gasteiger partial charge in [-0.3, -0.25) is 9.97 Å². The number of rotatable bonds is 10. The topological polar surface area (TPSA) is 140 Å². The highest BCUT2D eigenvalue weighted by Gasteiger charge is 2.19. The molecule has 16 bridgehead atoms. The van der Waals surface area contributed by atoms with E-state index in [0.717, 1.165) is 228 Å². The summed E-state index contributed by atoms with van der Waals surface area (Å²) < 4.78 is 25.9. The summed E-state index contributed by atoms with van der Waals surface area (Å²) in [6.45, 7) is 3.60. The Hall–Kier alpha value is -14.9. The van der Waals surface area contributed by atoms with E-state index in [1.165, 1.54) is 0 Å². The summed E-state index contributed by atoms with van der Waals surface area (Å²) in [4.78, 5) is 41.7. The molecule has 10 aliphatic rings. The molecule has 0 N–H and O–H groups in total. The van der Waals surface area contributed by atoms with Crippen LogP contribution in [0.2, 0.25) is 0 Å². The van der Waals surface area contributed by atoms with Gasteiger partial charge in [-0.25, -0.2) is 29.9 Å². The molecule has 0 fully saturated rings. The van der Waals surface area contributed by atoms with Crippen LogP contribution in [0.5, 0.6) is 23.0 Å². The molecule has 12 aromatic carbocycles. The first-order valence-electron chi connectivity index (χ1n) is 38.3. The number of hydrogen-bond donors (Lipinski definition) is 0. The van der Waals surface area contributed by atoms with Crippen molar-refractivity contribution in [2.75, 3.05) is 0 Å². The molecule has 30 rings (SSSR count). The van der Waals surface area contributed by atoms with Crippen LogP contribution in [0.3, 0.4) is 0 Å². The first kappa shape index (κ1) is 67.3. The lowest BCUT2D eigenvalue weighted by Crippen LogP contribution is -1.98. The normalized spacial score (nSPS) is 12.2. The summed E-state index contributed by atoms with van der Waals surface area (Å²) in [5, 5.41) is 8.29. The third-order valence-electron chi connectivity index (χ3n) is 21.8. The Morgan fingerprint density at radius 2 is 0.553 bits per heavy atom. The Bertz CT molecular complexity index is 7170. The summed E-state index contributed by atoms with van der Waals surface area (Å²) in [5.41, 5.74) is 27.3. The number of ether oxygens (including phenoxy) is 4. The van der Waals surface area contributed by atoms with E-state index in [1.807, 2.05) is 55.5 Å². The van der Waals surface area contributed by atoms with E-state index in [4.69, 9.17) is 58.8 Å². The summed E-state index contributed by atoms with van der Waals surface area (Å²) in [7, 11) is 0. The fourth-order valence-corrected chi connectivity index (χ4v) is 15.5. The standard InChI is InChI=1S/C102H68N8O4/c1-62-2-13-74-22-24-76-35-54-93(105-97(76)95(74)103-62)73-33-46-85(47-34-73)113-60-66-7-18-71(19-8-66)91-52-38-78-27-26-77-37-51-90(107-99(77)100(78)108-91)70-16-5-65(6-17-70)59-112-84-44-31-68(32-45-84)88-57-86-48-49-87(88)94-55-40-81-25-23-75-30-41-82(104-96(75)98(81)110-94)56-63-11-42-83(43-12-63)111-58-64-3-14-69(15-4-64)89-50-36-79-28-29-80-39-53-92(109-102(80)101(79)106-89)72-20-9-67(10-21-72)61-114-86/h2-55,57H,56,58-61H2,1H3. The predicted octanol–water partition coefficient (Wildman–Crippen LogP) is 24.3. The van der Waals surface area contributed by atoms with Crippen molar-refractivity contribution in [1.82, 2.24) is 39.9 Å². The van der Waals surface area contributed by atoms with Crippen molar-refractivity contribution < 1.29 is 18.9 Å². The third-order valence-corrected chi connectivity index (χ3v) is 21.8. The highest BCUT2D eigenvalue weighted by atomic mass is 16.5. The van der Waals surface area contributed by atoms with Crippen LogP contribution in [0, 0.1) is 6.92 Å². The molecular formula is C102H68N8O4. The molecule has 0 atom stereocenters. The number of pyridine rings is 8. The average molecular weight is 1470 g/mol. The van der Waals surface area contributed by atoms with E-state index in [0.29, 0.717) is 32.8 Å². The van der Waals surface area contributed by atoms with E-state index >= 15 is 0 Å². The first-order chi connectivity index (χ1) is 56.2. The van der Waals surface area contributed by atoms with Crippen LogP contribution in [-0.2, 0) is 32.8 Å². The van der Waals surface area contributed by atoms with Crippen molar-refractivity contribution in [3.63, 3.8) is 0 Å². The zero-order valence-corrected chi connectivity index (χ0v) is 62.0. The van der Waals surface area contributed by atoms with Gasteiger partial charge in [-0.15, -0.1) is 0 Å². The van der Waals surface area contributed by atoms with Gasteiger partial charge in [0.1, 0.15) is 49.4 Å². The maximum absolute atomic E-state index is 6.70. The molecule has 8 aromatic heterocycles. The summed E-state index contributed by atoms with van der Waals surface area (Å²) in [6.07, 6.45) is 0.646. The fraction of sp³-hybridized carbons (Fsp3) is 0.0588. The van der Waals surface area contributed by atoms with Crippen LogP contribution < -0.4 is 18.9 Å². The molecule has 540 valence electrons. The third kappa shape index (κ3) is 13.3. The first-order valence-corrected chi connectivity index (χ1v) is 38.3. The van der Waals surface area contributed by atoms with Gasteiger partial charge in [0, 0.05) is 94.3 Å². The lowest BCUT2D eigenvalue weighted by molar-refractivity contribution is 0.306. The minimum atomic E-state index is 0.355. The van der Waals surface area contributed by atoms with Gasteiger partial charge in [-0.1, -0.05) is 218 Å². The summed E-state index contributed by atoms with van der Waals surface area (Å²) >= 11 is 0. The lowest BCUT2D eigenvalue weighted by atomic mass is 9.96. The van der Waals surface area contributed by atoms with Crippen LogP contribution in [0.15, 0.2) is 334 Å². The maximum atomic E-state index is 6.70. The number of aromatic nitrogens is 8. The number of hydrogen-bond acceptors (Lipinski definition) is 12. The average Bonchev–Trinajstić information content (AvgIpc) is 0.787. The monoisotopic (exact) mass is 1470 g/mol. The molecule has 12 heteroatoms. The number of aryl methyl sites for hydroxylation is 1. The molecular weight excluding hydrogens is 1400 g/mol. The van der Waals surface area contributed by atoms with E-state index < -0.39 is 0 Å². The number of nitrogens with zero attached hydrogens (tertiary/aromatic N) is 8. The van der Waals surface area contributed by atoms with Gasteiger partial charge >= 0.3 is 0 Å². The second-order valence-corrected chi connectivity index (χ2v) is 29.3. The minimum Gasteiger partial charge on any atom is -0.489 e. The molecule has 12 nitrogen and oxygen atoms in total. The zero-order valence-electron chi connectivity index (χ0n) is 62.0. The quantitative estimate of drug-likeness (QED) is 0.120. The molecule has 18 heterocycles. The largest absolute Gasteiger partial charge is 0.489 e. The van der Waals surface area contributed by atoms with E-state index in [-0.39, 0.29) is 0 Å². The summed E-state index contributed by atoms with van der Waals surface area (Å²) in [5.74, 6) is 3.05. The van der Waals surface area contributed by atoms with Gasteiger partial charge < -0.3 is 18.9 Å². The van der Waals surface area contributed by atoms with Crippen molar-refractivity contribution in [3.8, 4) is 102 Å². The van der Waals surface area contributed by atoms with Crippen molar-refractivity contribution in [1.29, 1.82) is 0 Å². The van der Waals surface area contributed by atoms with Crippen LogP contribution in [0.25, 0.3) is 166 Å². The Morgan fingerprint density at radius 3 is 0.974 bits per heavy atom. The van der Waals surface area contributed by atoms with E-state index in [2.05, 4.69) is 285 Å². The molecule has 0 saturated carbocycles. The second kappa shape index (κ2) is 28.5. The molecule has 10 aliphatic heterocycles. The summed E-state index contributed by atoms with van der Waals surface area (Å²) in [6, 6.07) is 115. The van der Waals surface area contributed by atoms with Gasteiger partial charge in [-0.05, 0) is 161 Å². The predicted molar refractivity (Wildman–Crippen MR) is 458 cm³/mol. The lowest BCUT2D eigenvalue weighted by Gasteiger charge is -2.15. The van der Waals surface area contributed by atoms with Crippen LogP contribution in [0.4, 0.5) is 0 Å². The van der Waals surface area contributed by atoms with Gasteiger partial charge in [0.2, 0.25) is 0 Å². The van der Waals surface area contributed by atoms with Crippen molar-refractivity contribution >= 4 is 87.2 Å². The molecule has 0 aliphatic carbocycles. The molecule has 0 saturated heterocycles. The van der Waals surface area contributed by atoms with Crippen molar-refractivity contribution in [2.24, 2.45) is 0 Å². The Morgan fingerprint density at radius 1 is 0.246 bits per heavy atom. The molecule has 0 unspecified atom stereocenters. The van der Waals surface area contributed by atoms with Gasteiger partial charge in [0.05, 0.1) is 78.3 Å². The zero-order chi connectivity index (χ0) is 75.6.